The van der Waals surface area contributed by atoms with Crippen molar-refractivity contribution in [3.8, 4) is 0 Å². The first-order valence-corrected chi connectivity index (χ1v) is 7.73. The Kier molecular flexibility index (Phi) is 4.04. The van der Waals surface area contributed by atoms with Crippen LogP contribution in [-0.2, 0) is 0 Å². The number of aromatic nitrogens is 2. The second-order valence-electron chi connectivity index (χ2n) is 4.71. The van der Waals surface area contributed by atoms with Crippen LogP contribution in [0.5, 0.6) is 0 Å². The quantitative estimate of drug-likeness (QED) is 0.774. The SMILES string of the molecule is CCCNC(c1ccncn1)c1cccc2ccsc12. The second kappa shape index (κ2) is 6.11. The van der Waals surface area contributed by atoms with E-state index in [4.69, 9.17) is 0 Å². The third-order valence-corrected chi connectivity index (χ3v) is 4.30. The Morgan fingerprint density at radius 3 is 3.00 bits per heavy atom. The van der Waals surface area contributed by atoms with E-state index in [1.165, 1.54) is 15.6 Å². The summed E-state index contributed by atoms with van der Waals surface area (Å²) in [5, 5.41) is 7.04. The van der Waals surface area contributed by atoms with E-state index in [0.29, 0.717) is 0 Å². The van der Waals surface area contributed by atoms with Gasteiger partial charge in [-0.3, -0.25) is 0 Å². The van der Waals surface area contributed by atoms with Crippen molar-refractivity contribution in [2.45, 2.75) is 19.4 Å². The highest BCUT2D eigenvalue weighted by atomic mass is 32.1. The molecule has 1 aromatic carbocycles. The number of hydrogen-bond donors (Lipinski definition) is 1. The molecule has 2 aromatic heterocycles. The first-order valence-electron chi connectivity index (χ1n) is 6.85. The molecular weight excluding hydrogens is 266 g/mol. The average molecular weight is 283 g/mol. The number of hydrogen-bond acceptors (Lipinski definition) is 4. The minimum absolute atomic E-state index is 0.125. The molecule has 1 N–H and O–H groups in total. The molecule has 1 unspecified atom stereocenters. The summed E-state index contributed by atoms with van der Waals surface area (Å²) in [4.78, 5) is 8.45. The topological polar surface area (TPSA) is 37.8 Å². The smallest absolute Gasteiger partial charge is 0.115 e. The maximum Gasteiger partial charge on any atom is 0.115 e. The van der Waals surface area contributed by atoms with Gasteiger partial charge in [0.2, 0.25) is 0 Å². The van der Waals surface area contributed by atoms with E-state index in [9.17, 15) is 0 Å². The average Bonchev–Trinajstić information content (AvgIpc) is 2.98. The van der Waals surface area contributed by atoms with Gasteiger partial charge in [-0.2, -0.15) is 0 Å². The highest BCUT2D eigenvalue weighted by Gasteiger charge is 2.17. The van der Waals surface area contributed by atoms with E-state index in [1.54, 1.807) is 23.9 Å². The fourth-order valence-electron chi connectivity index (χ4n) is 2.38. The molecule has 0 aliphatic rings. The summed E-state index contributed by atoms with van der Waals surface area (Å²) in [5.74, 6) is 0. The zero-order valence-electron chi connectivity index (χ0n) is 11.4. The molecule has 4 heteroatoms. The summed E-state index contributed by atoms with van der Waals surface area (Å²) in [6.07, 6.45) is 4.52. The Hall–Kier alpha value is -1.78. The number of fused-ring (bicyclic) bond motifs is 1. The van der Waals surface area contributed by atoms with E-state index in [2.05, 4.69) is 51.9 Å². The Morgan fingerprint density at radius 2 is 2.20 bits per heavy atom. The highest BCUT2D eigenvalue weighted by Crippen LogP contribution is 2.31. The van der Waals surface area contributed by atoms with Crippen molar-refractivity contribution in [3.05, 3.63) is 59.5 Å². The maximum atomic E-state index is 4.43. The molecule has 3 nitrogen and oxygen atoms in total. The number of rotatable bonds is 5. The van der Waals surface area contributed by atoms with Crippen LogP contribution in [0.3, 0.4) is 0 Å². The summed E-state index contributed by atoms with van der Waals surface area (Å²) in [6, 6.07) is 10.7. The van der Waals surface area contributed by atoms with Crippen LogP contribution in [0.25, 0.3) is 10.1 Å². The van der Waals surface area contributed by atoms with Crippen molar-refractivity contribution in [2.75, 3.05) is 6.54 Å². The lowest BCUT2D eigenvalue weighted by Crippen LogP contribution is -2.24. The minimum Gasteiger partial charge on any atom is -0.305 e. The molecule has 1 atom stereocenters. The molecule has 0 saturated carbocycles. The predicted octanol–water partition coefficient (Wildman–Crippen LogP) is 3.78. The van der Waals surface area contributed by atoms with Gasteiger partial charge in [-0.15, -0.1) is 11.3 Å². The van der Waals surface area contributed by atoms with Gasteiger partial charge in [-0.25, -0.2) is 9.97 Å². The van der Waals surface area contributed by atoms with Crippen LogP contribution in [0.1, 0.15) is 30.6 Å². The normalized spacial score (nSPS) is 12.7. The molecule has 0 aliphatic heterocycles. The summed E-state index contributed by atoms with van der Waals surface area (Å²) in [7, 11) is 0. The van der Waals surface area contributed by atoms with Crippen LogP contribution in [0.2, 0.25) is 0 Å². The lowest BCUT2D eigenvalue weighted by molar-refractivity contribution is 0.588. The fraction of sp³-hybridized carbons (Fsp3) is 0.250. The van der Waals surface area contributed by atoms with Gasteiger partial charge < -0.3 is 5.32 Å². The first-order chi connectivity index (χ1) is 9.90. The Labute approximate surface area is 122 Å². The van der Waals surface area contributed by atoms with Gasteiger partial charge in [0, 0.05) is 10.9 Å². The summed E-state index contributed by atoms with van der Waals surface area (Å²) in [6.45, 7) is 3.15. The largest absolute Gasteiger partial charge is 0.305 e. The second-order valence-corrected chi connectivity index (χ2v) is 5.62. The maximum absolute atomic E-state index is 4.43. The first kappa shape index (κ1) is 13.2. The molecule has 0 spiro atoms. The summed E-state index contributed by atoms with van der Waals surface area (Å²) in [5.41, 5.74) is 2.32. The van der Waals surface area contributed by atoms with Crippen molar-refractivity contribution in [2.24, 2.45) is 0 Å². The molecular formula is C16H17N3S. The number of thiophene rings is 1. The zero-order chi connectivity index (χ0) is 13.8. The van der Waals surface area contributed by atoms with Crippen LogP contribution in [0.15, 0.2) is 48.2 Å². The van der Waals surface area contributed by atoms with Crippen LogP contribution in [0, 0.1) is 0 Å². The summed E-state index contributed by atoms with van der Waals surface area (Å²) >= 11 is 1.79. The Balaban J connectivity index is 2.07. The zero-order valence-corrected chi connectivity index (χ0v) is 12.2. The standard InChI is InChI=1S/C16H17N3S/c1-2-8-18-15(14-6-9-17-11-19-14)13-5-3-4-12-7-10-20-16(12)13/h3-7,9-11,15,18H,2,8H2,1H3. The van der Waals surface area contributed by atoms with E-state index in [0.717, 1.165) is 18.7 Å². The van der Waals surface area contributed by atoms with Gasteiger partial charge in [0.05, 0.1) is 11.7 Å². The van der Waals surface area contributed by atoms with Crippen molar-refractivity contribution in [1.82, 2.24) is 15.3 Å². The van der Waals surface area contributed by atoms with Crippen molar-refractivity contribution in [1.29, 1.82) is 0 Å². The molecule has 0 fully saturated rings. The third-order valence-electron chi connectivity index (χ3n) is 3.32. The Bertz CT molecular complexity index is 678. The third kappa shape index (κ3) is 2.57. The van der Waals surface area contributed by atoms with Gasteiger partial charge in [-0.1, -0.05) is 25.1 Å². The molecule has 0 saturated heterocycles. The van der Waals surface area contributed by atoms with Crippen LogP contribution in [0.4, 0.5) is 0 Å². The van der Waals surface area contributed by atoms with Gasteiger partial charge >= 0.3 is 0 Å². The molecule has 2 heterocycles. The molecule has 0 radical (unpaired) electrons. The molecule has 20 heavy (non-hydrogen) atoms. The highest BCUT2D eigenvalue weighted by molar-refractivity contribution is 7.17. The van der Waals surface area contributed by atoms with Crippen molar-refractivity contribution in [3.63, 3.8) is 0 Å². The van der Waals surface area contributed by atoms with Gasteiger partial charge in [0.25, 0.3) is 0 Å². The van der Waals surface area contributed by atoms with Gasteiger partial charge in [-0.05, 0) is 41.4 Å². The lowest BCUT2D eigenvalue weighted by atomic mass is 10.0. The van der Waals surface area contributed by atoms with E-state index >= 15 is 0 Å². The van der Waals surface area contributed by atoms with Crippen molar-refractivity contribution >= 4 is 21.4 Å². The van der Waals surface area contributed by atoms with Gasteiger partial charge in [0.15, 0.2) is 0 Å². The monoisotopic (exact) mass is 283 g/mol. The molecule has 3 aromatic rings. The minimum atomic E-state index is 0.125. The van der Waals surface area contributed by atoms with E-state index < -0.39 is 0 Å². The van der Waals surface area contributed by atoms with E-state index in [1.807, 2.05) is 6.07 Å². The molecule has 102 valence electrons. The van der Waals surface area contributed by atoms with Crippen LogP contribution < -0.4 is 5.32 Å². The number of nitrogens with one attached hydrogen (secondary N) is 1. The van der Waals surface area contributed by atoms with Crippen LogP contribution in [-0.4, -0.2) is 16.5 Å². The lowest BCUT2D eigenvalue weighted by Gasteiger charge is -2.19. The van der Waals surface area contributed by atoms with Gasteiger partial charge in [0.1, 0.15) is 6.33 Å². The van der Waals surface area contributed by atoms with Crippen LogP contribution >= 0.6 is 11.3 Å². The number of nitrogens with zero attached hydrogens (tertiary/aromatic N) is 2. The summed E-state index contributed by atoms with van der Waals surface area (Å²) < 4.78 is 1.33. The van der Waals surface area contributed by atoms with E-state index in [-0.39, 0.29) is 6.04 Å². The Morgan fingerprint density at radius 1 is 1.25 bits per heavy atom. The molecule has 3 rings (SSSR count). The number of benzene rings is 1. The fourth-order valence-corrected chi connectivity index (χ4v) is 3.32. The molecule has 0 aliphatic carbocycles. The predicted molar refractivity (Wildman–Crippen MR) is 84.0 cm³/mol. The molecule has 0 bridgehead atoms. The van der Waals surface area contributed by atoms with Crippen molar-refractivity contribution < 1.29 is 0 Å². The molecule has 0 amide bonds.